The van der Waals surface area contributed by atoms with Crippen molar-refractivity contribution in [2.24, 2.45) is 0 Å². The van der Waals surface area contributed by atoms with Gasteiger partial charge in [0.2, 0.25) is 0 Å². The van der Waals surface area contributed by atoms with Crippen molar-refractivity contribution in [1.82, 2.24) is 4.98 Å². The first-order chi connectivity index (χ1) is 4.86. The van der Waals surface area contributed by atoms with E-state index >= 15 is 0 Å². The highest BCUT2D eigenvalue weighted by Crippen LogP contribution is 2.15. The zero-order valence-electron chi connectivity index (χ0n) is 5.24. The molecule has 0 fully saturated rings. The van der Waals surface area contributed by atoms with Gasteiger partial charge in [-0.3, -0.25) is 0 Å². The summed E-state index contributed by atoms with van der Waals surface area (Å²) in [5.41, 5.74) is 1.09. The van der Waals surface area contributed by atoms with E-state index in [4.69, 9.17) is 0 Å². The summed E-state index contributed by atoms with van der Waals surface area (Å²) in [7, 11) is 2.61. The predicted octanol–water partition coefficient (Wildman–Crippen LogP) is 1.80. The van der Waals surface area contributed by atoms with Crippen LogP contribution in [-0.4, -0.2) is 4.98 Å². The number of nitrogens with zero attached hydrogens (tertiary/aromatic N) is 1. The standard InChI is InChI=1S/C7H6NPS/c9-7-8-5-3-1-2-4-6(5)10-7/h1-4H,9H2. The maximum absolute atomic E-state index is 4.29. The number of thiazole rings is 1. The van der Waals surface area contributed by atoms with Crippen molar-refractivity contribution in [1.29, 1.82) is 0 Å². The molecule has 0 aliphatic rings. The summed E-state index contributed by atoms with van der Waals surface area (Å²) in [5, 5.41) is 0. The van der Waals surface area contributed by atoms with Crippen LogP contribution in [0.15, 0.2) is 24.3 Å². The van der Waals surface area contributed by atoms with Crippen LogP contribution >= 0.6 is 20.6 Å². The Morgan fingerprint density at radius 1 is 1.30 bits per heavy atom. The first-order valence-corrected chi connectivity index (χ1v) is 4.37. The molecule has 1 nitrogen and oxygen atoms in total. The second kappa shape index (κ2) is 2.30. The van der Waals surface area contributed by atoms with E-state index in [2.05, 4.69) is 20.3 Å². The van der Waals surface area contributed by atoms with E-state index in [1.54, 1.807) is 11.3 Å². The van der Waals surface area contributed by atoms with Gasteiger partial charge in [-0.2, -0.15) is 0 Å². The van der Waals surface area contributed by atoms with Gasteiger partial charge in [0.05, 0.1) is 10.2 Å². The molecule has 1 unspecified atom stereocenters. The van der Waals surface area contributed by atoms with Crippen LogP contribution in [0, 0.1) is 0 Å². The van der Waals surface area contributed by atoms with Gasteiger partial charge >= 0.3 is 0 Å². The van der Waals surface area contributed by atoms with Crippen molar-refractivity contribution < 1.29 is 0 Å². The molecule has 0 saturated heterocycles. The quantitative estimate of drug-likeness (QED) is 0.545. The lowest BCUT2D eigenvalue weighted by Crippen LogP contribution is -1.81. The highest BCUT2D eigenvalue weighted by atomic mass is 32.1. The highest BCUT2D eigenvalue weighted by Gasteiger charge is 1.95. The van der Waals surface area contributed by atoms with Crippen LogP contribution in [0.1, 0.15) is 0 Å². The van der Waals surface area contributed by atoms with E-state index in [-0.39, 0.29) is 0 Å². The third kappa shape index (κ3) is 0.938. The van der Waals surface area contributed by atoms with Gasteiger partial charge < -0.3 is 0 Å². The lowest BCUT2D eigenvalue weighted by molar-refractivity contribution is 1.56. The van der Waals surface area contributed by atoms with E-state index < -0.39 is 0 Å². The SMILES string of the molecule is Pc1nc2ccccc2s1. The molecule has 0 aliphatic carbocycles. The number of para-hydroxylation sites is 1. The molecule has 0 spiro atoms. The molecule has 1 heterocycles. The van der Waals surface area contributed by atoms with Crippen molar-refractivity contribution in [2.45, 2.75) is 0 Å². The Bertz CT molecular complexity index is 322. The molecular weight excluding hydrogens is 161 g/mol. The van der Waals surface area contributed by atoms with Gasteiger partial charge in [0.15, 0.2) is 0 Å². The molecule has 10 heavy (non-hydrogen) atoms. The van der Waals surface area contributed by atoms with E-state index in [9.17, 15) is 0 Å². The Kier molecular flexibility index (Phi) is 1.44. The molecule has 2 rings (SSSR count). The summed E-state index contributed by atoms with van der Waals surface area (Å²) in [5.74, 6) is 0. The number of aromatic nitrogens is 1. The molecule has 0 bridgehead atoms. The van der Waals surface area contributed by atoms with Gasteiger partial charge in [-0.05, 0) is 12.1 Å². The fraction of sp³-hybridized carbons (Fsp3) is 0. The van der Waals surface area contributed by atoms with E-state index in [1.807, 2.05) is 18.2 Å². The normalized spacial score (nSPS) is 10.5. The number of rotatable bonds is 0. The minimum Gasteiger partial charge on any atom is -0.237 e. The third-order valence-corrected chi connectivity index (χ3v) is 2.66. The summed E-state index contributed by atoms with van der Waals surface area (Å²) in [6, 6.07) is 8.15. The highest BCUT2D eigenvalue weighted by molar-refractivity contribution is 7.45. The first-order valence-electron chi connectivity index (χ1n) is 2.97. The zero-order valence-corrected chi connectivity index (χ0v) is 7.21. The summed E-state index contributed by atoms with van der Waals surface area (Å²) >= 11 is 1.70. The fourth-order valence-corrected chi connectivity index (χ4v) is 2.14. The topological polar surface area (TPSA) is 12.9 Å². The number of hydrogen-bond acceptors (Lipinski definition) is 2. The summed E-state index contributed by atoms with van der Waals surface area (Å²) in [4.78, 5) is 4.29. The van der Waals surface area contributed by atoms with Crippen molar-refractivity contribution in [3.05, 3.63) is 24.3 Å². The average Bonchev–Trinajstić information content (AvgIpc) is 2.27. The molecule has 50 valence electrons. The first kappa shape index (κ1) is 6.26. The molecule has 0 N–H and O–H groups in total. The Balaban J connectivity index is 2.88. The Morgan fingerprint density at radius 3 is 2.90 bits per heavy atom. The molecule has 1 atom stereocenters. The zero-order chi connectivity index (χ0) is 6.97. The molecule has 2 aromatic rings. The number of hydrogen-bond donors (Lipinski definition) is 0. The number of benzene rings is 1. The van der Waals surface area contributed by atoms with Crippen LogP contribution in [0.4, 0.5) is 0 Å². The Labute approximate surface area is 65.3 Å². The van der Waals surface area contributed by atoms with Gasteiger partial charge in [-0.1, -0.05) is 21.4 Å². The van der Waals surface area contributed by atoms with Crippen LogP contribution in [0.3, 0.4) is 0 Å². The van der Waals surface area contributed by atoms with Crippen LogP contribution in [-0.2, 0) is 0 Å². The smallest absolute Gasteiger partial charge is 0.110 e. The summed E-state index contributed by atoms with van der Waals surface area (Å²) in [6.07, 6.45) is 0. The van der Waals surface area contributed by atoms with E-state index in [0.29, 0.717) is 0 Å². The van der Waals surface area contributed by atoms with Crippen molar-refractivity contribution in [3.63, 3.8) is 0 Å². The van der Waals surface area contributed by atoms with Crippen molar-refractivity contribution in [2.75, 3.05) is 0 Å². The van der Waals surface area contributed by atoms with Gasteiger partial charge in [0.1, 0.15) is 4.75 Å². The van der Waals surface area contributed by atoms with Gasteiger partial charge in [0.25, 0.3) is 0 Å². The predicted molar refractivity (Wildman–Crippen MR) is 49.0 cm³/mol. The number of fused-ring (bicyclic) bond motifs is 1. The summed E-state index contributed by atoms with van der Waals surface area (Å²) < 4.78 is 2.31. The second-order valence-electron chi connectivity index (χ2n) is 2.02. The maximum Gasteiger partial charge on any atom is 0.110 e. The molecule has 0 aliphatic heterocycles. The van der Waals surface area contributed by atoms with Gasteiger partial charge in [0, 0.05) is 0 Å². The van der Waals surface area contributed by atoms with Crippen LogP contribution in [0.2, 0.25) is 0 Å². The largest absolute Gasteiger partial charge is 0.237 e. The van der Waals surface area contributed by atoms with Crippen molar-refractivity contribution >= 4 is 35.5 Å². The lowest BCUT2D eigenvalue weighted by atomic mass is 10.3. The van der Waals surface area contributed by atoms with Crippen molar-refractivity contribution in [3.8, 4) is 0 Å². The minimum atomic E-state index is 1.06. The molecule has 0 radical (unpaired) electrons. The van der Waals surface area contributed by atoms with Crippen LogP contribution in [0.5, 0.6) is 0 Å². The summed E-state index contributed by atoms with van der Waals surface area (Å²) in [6.45, 7) is 0. The van der Waals surface area contributed by atoms with Gasteiger partial charge in [-0.25, -0.2) is 4.98 Å². The molecule has 1 aromatic heterocycles. The monoisotopic (exact) mass is 167 g/mol. The molecular formula is C7H6NPS. The van der Waals surface area contributed by atoms with E-state index in [0.717, 1.165) is 10.3 Å². The third-order valence-electron chi connectivity index (χ3n) is 1.31. The molecule has 3 heteroatoms. The molecule has 0 amide bonds. The minimum absolute atomic E-state index is 1.06. The van der Waals surface area contributed by atoms with Crippen LogP contribution in [0.25, 0.3) is 10.2 Å². The van der Waals surface area contributed by atoms with Crippen LogP contribution < -0.4 is 4.75 Å². The molecule has 0 saturated carbocycles. The lowest BCUT2D eigenvalue weighted by Gasteiger charge is -1.80. The maximum atomic E-state index is 4.29. The average molecular weight is 167 g/mol. The van der Waals surface area contributed by atoms with E-state index in [1.165, 1.54) is 4.70 Å². The fourth-order valence-electron chi connectivity index (χ4n) is 0.890. The second-order valence-corrected chi connectivity index (χ2v) is 4.05. The Hall–Kier alpha value is -0.460. The Morgan fingerprint density at radius 2 is 2.10 bits per heavy atom. The van der Waals surface area contributed by atoms with Gasteiger partial charge in [-0.15, -0.1) is 11.3 Å². The molecule has 1 aromatic carbocycles.